The molecule has 0 bridgehead atoms. The Bertz CT molecular complexity index is 1570. The van der Waals surface area contributed by atoms with E-state index < -0.39 is 22.5 Å². The largest absolute Gasteiger partial charge is 0.379 e. The summed E-state index contributed by atoms with van der Waals surface area (Å²) in [6.45, 7) is 11.8. The van der Waals surface area contributed by atoms with Crippen molar-refractivity contribution < 1.29 is 52.4 Å². The second kappa shape index (κ2) is 39.7. The molecule has 0 aliphatic carbocycles. The zero-order chi connectivity index (χ0) is 48.5. The van der Waals surface area contributed by atoms with E-state index in [9.17, 15) is 19.2 Å². The smallest absolute Gasteiger partial charge is 0.333 e. The van der Waals surface area contributed by atoms with E-state index in [1.54, 1.807) is 11.8 Å². The van der Waals surface area contributed by atoms with Crippen molar-refractivity contribution >= 4 is 35.5 Å². The van der Waals surface area contributed by atoms with E-state index in [1.807, 2.05) is 25.1 Å². The molecule has 1 aliphatic heterocycles. The first-order valence-electron chi connectivity index (χ1n) is 23.5. The highest BCUT2D eigenvalue weighted by molar-refractivity contribution is 8.00. The first-order chi connectivity index (χ1) is 32.8. The Morgan fingerprint density at radius 1 is 0.552 bits per heavy atom. The topological polar surface area (TPSA) is 226 Å². The van der Waals surface area contributed by atoms with Gasteiger partial charge < -0.3 is 55.8 Å². The molecule has 16 nitrogen and oxygen atoms in total. The summed E-state index contributed by atoms with van der Waals surface area (Å²) in [5.74, 6) is -0.660. The van der Waals surface area contributed by atoms with Gasteiger partial charge in [0.05, 0.1) is 57.6 Å². The molecule has 3 aromatic rings. The molecule has 3 aromatic carbocycles. The van der Waals surface area contributed by atoms with E-state index in [0.717, 1.165) is 25.7 Å². The lowest BCUT2D eigenvalue weighted by molar-refractivity contribution is -0.197. The number of nitrogens with two attached hydrogens (primary N) is 3. The van der Waals surface area contributed by atoms with Crippen LogP contribution >= 0.6 is 11.8 Å². The first kappa shape index (κ1) is 58.9. The number of thioether (sulfide) groups is 1. The van der Waals surface area contributed by atoms with Crippen LogP contribution in [-0.4, -0.2) is 140 Å². The fourth-order valence-electron chi connectivity index (χ4n) is 6.21. The lowest BCUT2D eigenvalue weighted by atomic mass is 9.84. The minimum absolute atomic E-state index is 0.0588. The fourth-order valence-corrected chi connectivity index (χ4v) is 7.71. The molecular weight excluding hydrogens is 879 g/mol. The first-order valence-corrected chi connectivity index (χ1v) is 24.5. The van der Waals surface area contributed by atoms with Crippen LogP contribution in [0.1, 0.15) is 81.4 Å². The molecule has 4 rings (SSSR count). The standard InChI is InChI=1S/C32H42N2O4S.C10H24N2O3.C8H11NO4/c33-19-10-21-36-23-25-38-26-24-37-22-11-20-34-31(35)18-27-39-32(28-12-4-1-5-13-28,29-14-6-2-7-15-29)30-16-8-3-9-17-30;11-3-1-5-13-7-9-15-10-8-14-6-2-4-12;1-2-3-8(12)13-9-6(10)4-5-7(9)11/h1-9,12-17H,10-11,18-27,33H2,(H,34,35);1-12H2;2-5H2,1H3. The van der Waals surface area contributed by atoms with Crippen molar-refractivity contribution in [2.75, 3.05) is 111 Å². The van der Waals surface area contributed by atoms with Crippen LogP contribution in [0.15, 0.2) is 91.0 Å². The molecule has 0 radical (unpaired) electrons. The number of carbonyl (C=O) groups excluding carboxylic acids is 4. The van der Waals surface area contributed by atoms with Gasteiger partial charge in [0.15, 0.2) is 0 Å². The van der Waals surface area contributed by atoms with Gasteiger partial charge in [-0.15, -0.1) is 16.8 Å². The van der Waals surface area contributed by atoms with Gasteiger partial charge in [-0.1, -0.05) is 97.9 Å². The molecule has 0 saturated carbocycles. The Hall–Kier alpha value is -4.27. The van der Waals surface area contributed by atoms with Gasteiger partial charge in [-0.05, 0) is 68.4 Å². The highest BCUT2D eigenvalue weighted by atomic mass is 32.2. The Kier molecular flexibility index (Phi) is 34.9. The summed E-state index contributed by atoms with van der Waals surface area (Å²) in [7, 11) is 0. The van der Waals surface area contributed by atoms with Gasteiger partial charge in [0.1, 0.15) is 0 Å². The molecule has 374 valence electrons. The van der Waals surface area contributed by atoms with Crippen LogP contribution in [0.2, 0.25) is 0 Å². The predicted molar refractivity (Wildman–Crippen MR) is 262 cm³/mol. The van der Waals surface area contributed by atoms with Crippen molar-refractivity contribution in [2.24, 2.45) is 17.2 Å². The molecule has 3 amide bonds. The number of hydrogen-bond acceptors (Lipinski definition) is 15. The summed E-state index contributed by atoms with van der Waals surface area (Å²) in [5.41, 5.74) is 19.7. The molecule has 1 saturated heterocycles. The van der Waals surface area contributed by atoms with Gasteiger partial charge in [-0.2, -0.15) is 0 Å². The molecule has 1 heterocycles. The second-order valence-corrected chi connectivity index (χ2v) is 16.3. The lowest BCUT2D eigenvalue weighted by Gasteiger charge is -2.35. The Morgan fingerprint density at radius 2 is 0.910 bits per heavy atom. The van der Waals surface area contributed by atoms with Crippen molar-refractivity contribution in [3.8, 4) is 0 Å². The summed E-state index contributed by atoms with van der Waals surface area (Å²) < 4.78 is 31.8. The third-order valence-corrected chi connectivity index (χ3v) is 11.1. The normalized spacial score (nSPS) is 12.3. The van der Waals surface area contributed by atoms with Crippen molar-refractivity contribution in [2.45, 2.75) is 69.5 Å². The number of nitrogens with one attached hydrogen (secondary N) is 1. The highest BCUT2D eigenvalue weighted by Crippen LogP contribution is 2.48. The number of nitrogens with zero attached hydrogens (tertiary/aromatic N) is 1. The van der Waals surface area contributed by atoms with Crippen LogP contribution in [0.4, 0.5) is 0 Å². The average molecular weight is 956 g/mol. The molecule has 0 spiro atoms. The van der Waals surface area contributed by atoms with E-state index in [-0.39, 0.29) is 25.2 Å². The van der Waals surface area contributed by atoms with Crippen LogP contribution in [0, 0.1) is 0 Å². The average Bonchev–Trinajstić information content (AvgIpc) is 3.67. The molecular formula is C50H77N5O11S. The third kappa shape index (κ3) is 26.2. The molecule has 0 aromatic heterocycles. The number of rotatable bonds is 35. The maximum absolute atomic E-state index is 12.6. The van der Waals surface area contributed by atoms with E-state index in [0.29, 0.717) is 129 Å². The lowest BCUT2D eigenvalue weighted by Crippen LogP contribution is -2.31. The SMILES string of the molecule is CCCC(=O)ON1C(=O)CCC1=O.NCCCOCCOCCOCCCN.NCCCOCCOCCOCCCNC(=O)CCSC(c1ccccc1)(c1ccccc1)c1ccccc1. The second-order valence-electron chi connectivity index (χ2n) is 15.0. The van der Waals surface area contributed by atoms with Crippen LogP contribution in [0.25, 0.3) is 0 Å². The van der Waals surface area contributed by atoms with Crippen LogP contribution in [0.3, 0.4) is 0 Å². The molecule has 7 N–H and O–H groups in total. The summed E-state index contributed by atoms with van der Waals surface area (Å²) in [5, 5.41) is 3.60. The van der Waals surface area contributed by atoms with Gasteiger partial charge in [0, 0.05) is 64.4 Å². The fraction of sp³-hybridized carbons (Fsp3) is 0.560. The molecule has 1 fully saturated rings. The number of carbonyl (C=O) groups is 4. The van der Waals surface area contributed by atoms with Gasteiger partial charge >= 0.3 is 5.97 Å². The highest BCUT2D eigenvalue weighted by Gasteiger charge is 2.37. The molecule has 0 unspecified atom stereocenters. The van der Waals surface area contributed by atoms with E-state index in [2.05, 4.69) is 83.0 Å². The minimum Gasteiger partial charge on any atom is -0.379 e. The minimum atomic E-state index is -0.536. The van der Waals surface area contributed by atoms with Gasteiger partial charge in [0.25, 0.3) is 11.8 Å². The number of imide groups is 1. The summed E-state index contributed by atoms with van der Waals surface area (Å²) >= 11 is 1.80. The Balaban J connectivity index is 0.000000447. The predicted octanol–water partition coefficient (Wildman–Crippen LogP) is 5.13. The maximum atomic E-state index is 12.6. The van der Waals surface area contributed by atoms with E-state index in [1.165, 1.54) is 16.7 Å². The Labute approximate surface area is 402 Å². The van der Waals surface area contributed by atoms with Crippen molar-refractivity contribution in [3.63, 3.8) is 0 Å². The van der Waals surface area contributed by atoms with Crippen LogP contribution in [-0.2, 0) is 57.2 Å². The molecule has 0 atom stereocenters. The van der Waals surface area contributed by atoms with Gasteiger partial charge in [-0.25, -0.2) is 4.79 Å². The quantitative estimate of drug-likeness (QED) is 0.0341. The van der Waals surface area contributed by atoms with E-state index in [4.69, 9.17) is 45.6 Å². The third-order valence-electron chi connectivity index (χ3n) is 9.60. The van der Waals surface area contributed by atoms with Crippen molar-refractivity contribution in [3.05, 3.63) is 108 Å². The van der Waals surface area contributed by atoms with Crippen molar-refractivity contribution in [1.29, 1.82) is 0 Å². The molecule has 17 heteroatoms. The zero-order valence-corrected chi connectivity index (χ0v) is 40.4. The Morgan fingerprint density at radius 3 is 1.27 bits per heavy atom. The zero-order valence-electron chi connectivity index (χ0n) is 39.6. The van der Waals surface area contributed by atoms with Gasteiger partial charge in [-0.3, -0.25) is 14.4 Å². The van der Waals surface area contributed by atoms with Crippen LogP contribution < -0.4 is 22.5 Å². The van der Waals surface area contributed by atoms with Crippen LogP contribution in [0.5, 0.6) is 0 Å². The van der Waals surface area contributed by atoms with Gasteiger partial charge in [0.2, 0.25) is 5.91 Å². The summed E-state index contributed by atoms with van der Waals surface area (Å²) in [6.07, 6.45) is 5.02. The van der Waals surface area contributed by atoms with Crippen molar-refractivity contribution in [1.82, 2.24) is 10.4 Å². The van der Waals surface area contributed by atoms with E-state index >= 15 is 0 Å². The monoisotopic (exact) mass is 956 g/mol. The number of benzene rings is 3. The summed E-state index contributed by atoms with van der Waals surface area (Å²) in [6, 6.07) is 31.7. The number of hydrogen-bond donors (Lipinski definition) is 4. The number of ether oxygens (including phenoxy) is 6. The number of amides is 3. The molecule has 67 heavy (non-hydrogen) atoms. The maximum Gasteiger partial charge on any atom is 0.333 e. The molecule has 1 aliphatic rings. The number of hydroxylamine groups is 2. The summed E-state index contributed by atoms with van der Waals surface area (Å²) in [4.78, 5) is 50.0.